The molecule has 146 valence electrons. The van der Waals surface area contributed by atoms with Gasteiger partial charge < -0.3 is 14.7 Å². The highest BCUT2D eigenvalue weighted by Gasteiger charge is 2.13. The van der Waals surface area contributed by atoms with E-state index in [0.717, 1.165) is 35.2 Å². The Kier molecular flexibility index (Phi) is 5.84. The number of carbonyl (C=O) groups excluding carboxylic acids is 2. The smallest absolute Gasteiger partial charge is 0.372 e. The average Bonchev–Trinajstić information content (AvgIpc) is 3.13. The molecule has 28 heavy (non-hydrogen) atoms. The van der Waals surface area contributed by atoms with Gasteiger partial charge in [0.25, 0.3) is 5.91 Å². The Bertz CT molecular complexity index is 959. The number of H-pyrrole nitrogens is 1. The number of aryl methyl sites for hydroxylation is 1. The predicted molar refractivity (Wildman–Crippen MR) is 111 cm³/mol. The number of nitrogens with one attached hydrogen (secondary N) is 3. The number of fused-ring (bicyclic) bond motifs is 1. The molecule has 0 saturated heterocycles. The van der Waals surface area contributed by atoms with E-state index in [0.29, 0.717) is 11.4 Å². The molecule has 1 heterocycles. The van der Waals surface area contributed by atoms with E-state index in [-0.39, 0.29) is 0 Å². The van der Waals surface area contributed by atoms with Crippen LogP contribution in [0.25, 0.3) is 10.9 Å². The maximum atomic E-state index is 12.2. The first kappa shape index (κ1) is 19.3. The number of aromatic amines is 1. The fraction of sp³-hybridized carbons (Fsp3) is 0.238. The summed E-state index contributed by atoms with van der Waals surface area (Å²) < 4.78 is 0. The first-order chi connectivity index (χ1) is 13.5. The first-order valence-corrected chi connectivity index (χ1v) is 9.23. The van der Waals surface area contributed by atoms with E-state index >= 15 is 0 Å². The van der Waals surface area contributed by atoms with Crippen LogP contribution in [0.5, 0.6) is 0 Å². The lowest BCUT2D eigenvalue weighted by Crippen LogP contribution is -2.30. The van der Waals surface area contributed by atoms with Gasteiger partial charge in [0.05, 0.1) is 0 Å². The quantitative estimate of drug-likeness (QED) is 0.579. The Labute approximate surface area is 163 Å². The van der Waals surface area contributed by atoms with Gasteiger partial charge in [-0.3, -0.25) is 10.1 Å². The van der Waals surface area contributed by atoms with E-state index in [2.05, 4.69) is 34.5 Å². The molecule has 0 atom stereocenters. The molecule has 3 aromatic rings. The summed E-state index contributed by atoms with van der Waals surface area (Å²) in [6.45, 7) is 7.91. The molecule has 0 radical (unpaired) electrons. The summed E-state index contributed by atoms with van der Waals surface area (Å²) in [4.78, 5) is 34.3. The van der Waals surface area contributed by atoms with Crippen molar-refractivity contribution < 1.29 is 14.4 Å². The molecule has 2 amide bonds. The molecule has 0 spiro atoms. The predicted octanol–water partition coefficient (Wildman–Crippen LogP) is 4.22. The lowest BCUT2D eigenvalue weighted by Gasteiger charge is -2.22. The molecule has 2 aromatic carbocycles. The van der Waals surface area contributed by atoms with Gasteiger partial charge in [-0.15, -0.1) is 0 Å². The van der Waals surface area contributed by atoms with Crippen molar-refractivity contribution in [3.05, 3.63) is 59.8 Å². The molecule has 1 aromatic heterocycles. The first-order valence-electron chi connectivity index (χ1n) is 9.23. The van der Waals surface area contributed by atoms with Crippen LogP contribution in [0.2, 0.25) is 0 Å². The van der Waals surface area contributed by atoms with Crippen LogP contribution in [0, 0.1) is 6.92 Å². The second-order valence-corrected chi connectivity index (χ2v) is 6.39. The molecule has 0 aliphatic heterocycles. The number of nitrogens with zero attached hydrogens (tertiary/aromatic N) is 1. The van der Waals surface area contributed by atoms with Gasteiger partial charge in [-0.25, -0.2) is 4.79 Å². The minimum atomic E-state index is -0.761. The largest absolute Gasteiger partial charge is 0.436 e. The third-order valence-electron chi connectivity index (χ3n) is 4.59. The van der Waals surface area contributed by atoms with E-state index in [1.54, 1.807) is 6.07 Å². The van der Waals surface area contributed by atoms with Crippen LogP contribution in [-0.2, 0) is 4.84 Å². The van der Waals surface area contributed by atoms with Gasteiger partial charge in [0.2, 0.25) is 0 Å². The number of anilines is 2. The van der Waals surface area contributed by atoms with Gasteiger partial charge in [0, 0.05) is 35.4 Å². The maximum absolute atomic E-state index is 12.2. The molecule has 0 aliphatic carbocycles. The highest BCUT2D eigenvalue weighted by atomic mass is 16.7. The van der Waals surface area contributed by atoms with Gasteiger partial charge in [-0.05, 0) is 56.7 Å². The fourth-order valence-electron chi connectivity index (χ4n) is 3.05. The number of aromatic nitrogens is 1. The third kappa shape index (κ3) is 4.25. The molecule has 3 N–H and O–H groups in total. The van der Waals surface area contributed by atoms with Crippen molar-refractivity contribution in [1.29, 1.82) is 0 Å². The summed E-state index contributed by atoms with van der Waals surface area (Å²) in [5.74, 6) is -0.528. The summed E-state index contributed by atoms with van der Waals surface area (Å²) >= 11 is 0. The van der Waals surface area contributed by atoms with Crippen LogP contribution in [0.3, 0.4) is 0 Å². The summed E-state index contributed by atoms with van der Waals surface area (Å²) in [5.41, 5.74) is 5.93. The topological polar surface area (TPSA) is 86.5 Å². The van der Waals surface area contributed by atoms with E-state index < -0.39 is 12.0 Å². The van der Waals surface area contributed by atoms with Crippen molar-refractivity contribution in [2.75, 3.05) is 23.3 Å². The molecule has 0 bridgehead atoms. The SMILES string of the molecule is CCN(CC)c1ccc(NC(=O)ONC(=O)c2cc3ccccc3[nH]2)c(C)c1. The Hall–Kier alpha value is -3.48. The molecule has 0 saturated carbocycles. The number of carbonyl (C=O) groups is 2. The Morgan fingerprint density at radius 2 is 1.82 bits per heavy atom. The van der Waals surface area contributed by atoms with Gasteiger partial charge in [0.1, 0.15) is 5.69 Å². The standard InChI is InChI=1S/C21H24N4O3/c1-4-25(5-2)16-10-11-17(14(3)12-16)23-21(27)28-24-20(26)19-13-15-8-6-7-9-18(15)22-19/h6-13,22H,4-5H2,1-3H3,(H,23,27)(H,24,26). The summed E-state index contributed by atoms with van der Waals surface area (Å²) in [5, 5.41) is 3.54. The lowest BCUT2D eigenvalue weighted by atomic mass is 10.1. The third-order valence-corrected chi connectivity index (χ3v) is 4.59. The zero-order valence-electron chi connectivity index (χ0n) is 16.2. The van der Waals surface area contributed by atoms with Gasteiger partial charge >= 0.3 is 6.09 Å². The van der Waals surface area contributed by atoms with Crippen LogP contribution in [0.4, 0.5) is 16.2 Å². The van der Waals surface area contributed by atoms with Crippen molar-refractivity contribution in [2.24, 2.45) is 0 Å². The molecule has 7 heteroatoms. The Morgan fingerprint density at radius 3 is 2.50 bits per heavy atom. The number of hydrogen-bond donors (Lipinski definition) is 3. The zero-order valence-corrected chi connectivity index (χ0v) is 16.2. The number of hydroxylamine groups is 1. The zero-order chi connectivity index (χ0) is 20.1. The normalized spacial score (nSPS) is 10.5. The number of para-hydroxylation sites is 1. The molecular weight excluding hydrogens is 356 g/mol. The van der Waals surface area contributed by atoms with E-state index in [9.17, 15) is 9.59 Å². The minimum absolute atomic E-state index is 0.314. The molecule has 0 fully saturated rings. The Balaban J connectivity index is 1.58. The minimum Gasteiger partial charge on any atom is -0.372 e. The average molecular weight is 380 g/mol. The molecular formula is C21H24N4O3. The number of hydrogen-bond acceptors (Lipinski definition) is 4. The van der Waals surface area contributed by atoms with Crippen LogP contribution < -0.4 is 15.7 Å². The fourth-order valence-corrected chi connectivity index (χ4v) is 3.05. The molecule has 7 nitrogen and oxygen atoms in total. The van der Waals surface area contributed by atoms with Crippen molar-refractivity contribution in [2.45, 2.75) is 20.8 Å². The van der Waals surface area contributed by atoms with Gasteiger partial charge in [0.15, 0.2) is 0 Å². The van der Waals surface area contributed by atoms with Crippen molar-refractivity contribution >= 4 is 34.3 Å². The summed E-state index contributed by atoms with van der Waals surface area (Å²) in [7, 11) is 0. The van der Waals surface area contributed by atoms with Crippen LogP contribution in [-0.4, -0.2) is 30.1 Å². The summed E-state index contributed by atoms with van der Waals surface area (Å²) in [6, 6.07) is 15.0. The lowest BCUT2D eigenvalue weighted by molar-refractivity contribution is 0.0610. The number of benzene rings is 2. The van der Waals surface area contributed by atoms with Gasteiger partial charge in [-0.2, -0.15) is 5.48 Å². The summed E-state index contributed by atoms with van der Waals surface area (Å²) in [6.07, 6.45) is -0.761. The number of rotatable bonds is 5. The van der Waals surface area contributed by atoms with E-state index in [1.165, 1.54) is 0 Å². The monoisotopic (exact) mass is 380 g/mol. The van der Waals surface area contributed by atoms with Crippen molar-refractivity contribution in [3.8, 4) is 0 Å². The Morgan fingerprint density at radius 1 is 1.07 bits per heavy atom. The van der Waals surface area contributed by atoms with Crippen LogP contribution in [0.1, 0.15) is 29.9 Å². The van der Waals surface area contributed by atoms with E-state index in [1.807, 2.05) is 49.4 Å². The number of amides is 2. The molecule has 0 aliphatic rings. The van der Waals surface area contributed by atoms with Crippen LogP contribution >= 0.6 is 0 Å². The maximum Gasteiger partial charge on any atom is 0.436 e. The van der Waals surface area contributed by atoms with Crippen molar-refractivity contribution in [1.82, 2.24) is 10.5 Å². The second kappa shape index (κ2) is 8.47. The highest BCUT2D eigenvalue weighted by molar-refractivity contribution is 5.98. The highest BCUT2D eigenvalue weighted by Crippen LogP contribution is 2.22. The molecule has 0 unspecified atom stereocenters. The van der Waals surface area contributed by atoms with E-state index in [4.69, 9.17) is 4.84 Å². The van der Waals surface area contributed by atoms with Crippen LogP contribution in [0.15, 0.2) is 48.5 Å². The van der Waals surface area contributed by atoms with Crippen molar-refractivity contribution in [3.63, 3.8) is 0 Å². The molecule has 3 rings (SSSR count). The van der Waals surface area contributed by atoms with Gasteiger partial charge in [-0.1, -0.05) is 18.2 Å². The second-order valence-electron chi connectivity index (χ2n) is 6.39.